The lowest BCUT2D eigenvalue weighted by atomic mass is 10.0. The van der Waals surface area contributed by atoms with Crippen molar-refractivity contribution in [3.05, 3.63) is 119 Å². The van der Waals surface area contributed by atoms with Crippen LogP contribution in [-0.2, 0) is 52.6 Å². The highest BCUT2D eigenvalue weighted by molar-refractivity contribution is 8.00. The van der Waals surface area contributed by atoms with Gasteiger partial charge in [0.25, 0.3) is 11.8 Å². The molecule has 2 fully saturated rings. The number of nitrogens with one attached hydrogen (secondary N) is 9. The molecular weight excluding hydrogens is 1210 g/mol. The van der Waals surface area contributed by atoms with E-state index in [0.717, 1.165) is 60.5 Å². The average Bonchev–Trinajstić information content (AvgIpc) is 1.59. The first-order valence-electron chi connectivity index (χ1n) is 30.2. The van der Waals surface area contributed by atoms with Crippen molar-refractivity contribution in [1.29, 1.82) is 5.41 Å². The van der Waals surface area contributed by atoms with Crippen LogP contribution in [0.2, 0.25) is 0 Å². The Balaban J connectivity index is 0.712. The molecule has 3 aromatic carbocycles. The number of aromatic nitrogens is 3. The number of ether oxygens (including phenoxy) is 3. The second kappa shape index (κ2) is 33.4. The van der Waals surface area contributed by atoms with Gasteiger partial charge in [-0.05, 0) is 98.8 Å². The van der Waals surface area contributed by atoms with Crippen LogP contribution in [-0.4, -0.2) is 170 Å². The Morgan fingerprint density at radius 3 is 2.07 bits per heavy atom. The van der Waals surface area contributed by atoms with E-state index >= 15 is 0 Å². The van der Waals surface area contributed by atoms with Crippen LogP contribution in [0.25, 0.3) is 11.0 Å². The van der Waals surface area contributed by atoms with Crippen LogP contribution in [0.15, 0.2) is 101 Å². The number of rotatable bonds is 38. The van der Waals surface area contributed by atoms with E-state index in [-0.39, 0.29) is 99.1 Å². The highest BCUT2D eigenvalue weighted by Crippen LogP contribution is 2.52. The standard InChI is InChI=1S/C61H77F3N16O10S/c1-79-47-21-16-41(35-44(47)73-50(79)37-72-43-19-14-39(15-20-43)55(65)66)58(86)80(49-10-4-5-23-67-49)28-22-52(82)68-24-6-25-70-53(83)36-45(74-56(84)40-12-17-42(18-13-40)60(77-78-60)61(62,63)64)57(85)71-27-8-30-89-32-34-90-33-31-88-29-7-26-69-51(81)11-3-2-9-48-54-46(38-91-48)75-59(87)76-54/h4-5,10,12-21,23,35,45-46,48,54,72H,2-3,6-9,11,22,24-34,36-38H2,1H3,(H3,65,66)(H,68,82)(H,69,81)(H,70,83)(H,71,85)(H,74,84)(H2,75,76,87)/t45-,46-,48-,54-/m0/s1. The number of carbonyl (C=O) groups is 7. The molecule has 30 heteroatoms. The summed E-state index contributed by atoms with van der Waals surface area (Å²) in [5.74, 6) is -0.976. The summed E-state index contributed by atoms with van der Waals surface area (Å²) in [5, 5.41) is 37.2. The predicted octanol–water partition coefficient (Wildman–Crippen LogP) is 4.68. The summed E-state index contributed by atoms with van der Waals surface area (Å²) in [4.78, 5) is 102. The second-order valence-corrected chi connectivity index (χ2v) is 23.1. The molecule has 0 spiro atoms. The fourth-order valence-electron chi connectivity index (χ4n) is 10.1. The zero-order valence-corrected chi connectivity index (χ0v) is 51.2. The number of nitrogens with zero attached hydrogens (tertiary/aromatic N) is 6. The Morgan fingerprint density at radius 2 is 1.41 bits per heavy atom. The number of urea groups is 1. The van der Waals surface area contributed by atoms with Crippen LogP contribution < -0.4 is 53.2 Å². The van der Waals surface area contributed by atoms with Crippen molar-refractivity contribution in [2.45, 2.75) is 99.5 Å². The van der Waals surface area contributed by atoms with Crippen LogP contribution in [0.5, 0.6) is 0 Å². The van der Waals surface area contributed by atoms with Crippen molar-refractivity contribution < 1.29 is 60.9 Å². The summed E-state index contributed by atoms with van der Waals surface area (Å²) in [5.41, 5.74) is 5.65. The van der Waals surface area contributed by atoms with Gasteiger partial charge in [-0.15, -0.1) is 10.2 Å². The van der Waals surface area contributed by atoms with E-state index in [9.17, 15) is 46.7 Å². The number of amides is 8. The number of aryl methyl sites for hydroxylation is 1. The van der Waals surface area contributed by atoms with E-state index in [4.69, 9.17) is 30.3 Å². The third-order valence-electron chi connectivity index (χ3n) is 15.2. The lowest BCUT2D eigenvalue weighted by Gasteiger charge is -2.21. The van der Waals surface area contributed by atoms with Gasteiger partial charge in [-0.1, -0.05) is 24.6 Å². The highest BCUT2D eigenvalue weighted by atomic mass is 32.2. The number of anilines is 2. The van der Waals surface area contributed by atoms with E-state index < -0.39 is 47.9 Å². The molecule has 5 heterocycles. The maximum absolute atomic E-state index is 14.1. The summed E-state index contributed by atoms with van der Waals surface area (Å²) in [6.07, 6.45) is 0.589. The maximum Gasteiger partial charge on any atom is 0.442 e. The molecule has 488 valence electrons. The van der Waals surface area contributed by atoms with Crippen LogP contribution in [0.3, 0.4) is 0 Å². The molecule has 2 saturated heterocycles. The van der Waals surface area contributed by atoms with E-state index in [1.165, 1.54) is 4.90 Å². The molecule has 3 aliphatic heterocycles. The fraction of sp³-hybridized carbons (Fsp3) is 0.475. The number of nitrogens with two attached hydrogens (primary N) is 1. The van der Waals surface area contributed by atoms with Gasteiger partial charge in [0, 0.05) is 111 Å². The minimum atomic E-state index is -4.78. The summed E-state index contributed by atoms with van der Waals surface area (Å²) < 4.78 is 59.6. The number of imidazole rings is 1. The maximum atomic E-state index is 14.1. The van der Waals surface area contributed by atoms with Crippen molar-refractivity contribution >= 4 is 81.6 Å². The van der Waals surface area contributed by atoms with Gasteiger partial charge >= 0.3 is 17.9 Å². The molecular formula is C61H77F3N16O10S. The van der Waals surface area contributed by atoms with E-state index in [1.54, 1.807) is 54.7 Å². The molecule has 8 amide bonds. The number of pyridine rings is 1. The van der Waals surface area contributed by atoms with Crippen molar-refractivity contribution in [2.24, 2.45) is 23.0 Å². The van der Waals surface area contributed by atoms with Crippen molar-refractivity contribution in [3.8, 4) is 0 Å². The van der Waals surface area contributed by atoms with Crippen LogP contribution >= 0.6 is 11.8 Å². The molecule has 0 unspecified atom stereocenters. The van der Waals surface area contributed by atoms with Gasteiger partial charge in [0.15, 0.2) is 0 Å². The number of alkyl halides is 3. The second-order valence-electron chi connectivity index (χ2n) is 21.8. The van der Waals surface area contributed by atoms with Crippen molar-refractivity contribution in [2.75, 3.05) is 88.3 Å². The third kappa shape index (κ3) is 19.9. The Labute approximate surface area is 527 Å². The van der Waals surface area contributed by atoms with Crippen LogP contribution in [0, 0.1) is 5.41 Å². The lowest BCUT2D eigenvalue weighted by molar-refractivity contribution is -0.166. The molecule has 0 radical (unpaired) electrons. The Bertz CT molecular complexity index is 3340. The predicted molar refractivity (Wildman–Crippen MR) is 333 cm³/mol. The number of benzene rings is 3. The molecule has 4 atom stereocenters. The van der Waals surface area contributed by atoms with E-state index in [0.29, 0.717) is 92.3 Å². The SMILES string of the molecule is Cn1c(CNc2ccc(C(=N)N)cc2)nc2cc(C(=O)N(CCC(=O)NCCCNC(=O)C[C@H](NC(=O)c3ccc(C4(C(F)(F)F)N=N4)cc3)C(=O)NCCCOCCOCCOCCCNC(=O)CCCC[C@@H]3SC[C@@H]4NC(=O)N[C@@H]43)c3ccccn3)ccc21. The number of hydrogen-bond donors (Lipinski definition) is 10. The first kappa shape index (κ1) is 68.2. The molecule has 2 aromatic heterocycles. The van der Waals surface area contributed by atoms with Gasteiger partial charge < -0.3 is 67.0 Å². The van der Waals surface area contributed by atoms with Gasteiger partial charge in [0.1, 0.15) is 23.5 Å². The number of unbranched alkanes of at least 4 members (excludes halogenated alkanes) is 1. The number of hydrogen-bond acceptors (Lipinski definition) is 17. The van der Waals surface area contributed by atoms with Crippen LogP contribution in [0.4, 0.5) is 29.5 Å². The minimum Gasteiger partial charge on any atom is -0.384 e. The molecule has 3 aliphatic rings. The monoisotopic (exact) mass is 1280 g/mol. The highest BCUT2D eigenvalue weighted by Gasteiger charge is 2.65. The van der Waals surface area contributed by atoms with Crippen molar-refractivity contribution in [1.82, 2.24) is 51.8 Å². The summed E-state index contributed by atoms with van der Waals surface area (Å²) in [7, 11) is 1.87. The molecule has 11 N–H and O–H groups in total. The Kier molecular flexibility index (Phi) is 25.0. The van der Waals surface area contributed by atoms with Crippen LogP contribution in [0.1, 0.15) is 95.5 Å². The lowest BCUT2D eigenvalue weighted by Crippen LogP contribution is -2.49. The van der Waals surface area contributed by atoms with Crippen molar-refractivity contribution in [3.63, 3.8) is 0 Å². The first-order valence-corrected chi connectivity index (χ1v) is 31.2. The van der Waals surface area contributed by atoms with Gasteiger partial charge in [-0.2, -0.15) is 24.9 Å². The number of carbonyl (C=O) groups excluding carboxylic acids is 7. The first-order chi connectivity index (χ1) is 43.9. The summed E-state index contributed by atoms with van der Waals surface area (Å²) >= 11 is 1.87. The Hall–Kier alpha value is -8.74. The molecule has 0 saturated carbocycles. The molecule has 91 heavy (non-hydrogen) atoms. The largest absolute Gasteiger partial charge is 0.442 e. The van der Waals surface area contributed by atoms with Gasteiger partial charge in [0.2, 0.25) is 23.6 Å². The summed E-state index contributed by atoms with van der Waals surface area (Å²) in [6.45, 7) is 3.14. The topological polar surface area (TPSA) is 352 Å². The molecule has 5 aromatic rings. The number of amidine groups is 1. The number of fused-ring (bicyclic) bond motifs is 2. The van der Waals surface area contributed by atoms with Gasteiger partial charge in [0.05, 0.1) is 62.5 Å². The molecule has 8 rings (SSSR count). The fourth-order valence-corrected chi connectivity index (χ4v) is 11.7. The number of halogens is 3. The zero-order valence-electron chi connectivity index (χ0n) is 50.4. The number of nitrogen functional groups attached to an aromatic ring is 1. The minimum absolute atomic E-state index is 0.00613. The Morgan fingerprint density at radius 1 is 0.769 bits per heavy atom. The third-order valence-corrected chi connectivity index (χ3v) is 16.7. The normalized spacial score (nSPS) is 16.4. The molecule has 0 bridgehead atoms. The van der Waals surface area contributed by atoms with E-state index in [2.05, 4.69) is 57.7 Å². The smallest absolute Gasteiger partial charge is 0.384 e. The summed E-state index contributed by atoms with van der Waals surface area (Å²) in [6, 6.07) is 20.7. The quantitative estimate of drug-likeness (QED) is 0.0111. The molecule has 26 nitrogen and oxygen atoms in total. The van der Waals surface area contributed by atoms with Gasteiger partial charge in [-0.3, -0.25) is 39.1 Å². The van der Waals surface area contributed by atoms with Gasteiger partial charge in [-0.25, -0.2) is 14.8 Å². The zero-order chi connectivity index (χ0) is 64.8. The van der Waals surface area contributed by atoms with E-state index in [1.807, 2.05) is 35.5 Å². The molecule has 0 aliphatic carbocycles. The number of thioether (sulfide) groups is 1. The average molecular weight is 1280 g/mol.